The molecule has 0 spiro atoms. The van der Waals surface area contributed by atoms with Gasteiger partial charge in [-0.2, -0.15) is 0 Å². The van der Waals surface area contributed by atoms with Crippen LogP contribution in [0.1, 0.15) is 39.3 Å². The van der Waals surface area contributed by atoms with Gasteiger partial charge in [0.05, 0.1) is 11.9 Å². The zero-order valence-corrected chi connectivity index (χ0v) is 8.61. The molecule has 2 atom stereocenters. The number of hydrogen-bond donors (Lipinski definition) is 0. The molecule has 0 N–H and O–H groups in total. The summed E-state index contributed by atoms with van der Waals surface area (Å²) in [5, 5.41) is 0. The zero-order valence-electron chi connectivity index (χ0n) is 8.61. The summed E-state index contributed by atoms with van der Waals surface area (Å²) in [6.07, 6.45) is 3.53. The van der Waals surface area contributed by atoms with Gasteiger partial charge in [0, 0.05) is 5.92 Å². The molecule has 1 aliphatic rings. The molecule has 0 saturated carbocycles. The fourth-order valence-corrected chi connectivity index (χ4v) is 1.28. The molecule has 0 radical (unpaired) electrons. The van der Waals surface area contributed by atoms with E-state index in [-0.39, 0.29) is 6.10 Å². The van der Waals surface area contributed by atoms with Crippen LogP contribution >= 0.6 is 0 Å². The fraction of sp³-hybridized carbons (Fsp3) is 0.600. The van der Waals surface area contributed by atoms with Crippen LogP contribution in [0.15, 0.2) is 12.5 Å². The van der Waals surface area contributed by atoms with E-state index in [2.05, 4.69) is 16.9 Å². The van der Waals surface area contributed by atoms with Gasteiger partial charge < -0.3 is 4.74 Å². The predicted octanol–water partition coefficient (Wildman–Crippen LogP) is 2.39. The van der Waals surface area contributed by atoms with Crippen molar-refractivity contribution in [3.63, 3.8) is 0 Å². The predicted molar refractivity (Wildman–Crippen MR) is 51.9 cm³/mol. The monoisotopic (exact) mass is 180 g/mol. The summed E-state index contributed by atoms with van der Waals surface area (Å²) in [5.41, 5.74) is 1.03. The quantitative estimate of drug-likeness (QED) is 0.615. The SMILES string of the molecule is CC.CC1Oc2cncnc2C1C. The molecule has 72 valence electrons. The van der Waals surface area contributed by atoms with Crippen LogP contribution in [-0.2, 0) is 0 Å². The molecule has 2 unspecified atom stereocenters. The number of rotatable bonds is 0. The molecule has 13 heavy (non-hydrogen) atoms. The molecule has 0 saturated heterocycles. The summed E-state index contributed by atoms with van der Waals surface area (Å²) in [5.74, 6) is 1.24. The van der Waals surface area contributed by atoms with Crippen molar-refractivity contribution in [1.82, 2.24) is 9.97 Å². The van der Waals surface area contributed by atoms with Gasteiger partial charge in [0.25, 0.3) is 0 Å². The molecule has 0 fully saturated rings. The first kappa shape index (κ1) is 9.96. The molecule has 1 aromatic rings. The first-order valence-electron chi connectivity index (χ1n) is 4.75. The number of aromatic nitrogens is 2. The van der Waals surface area contributed by atoms with E-state index in [1.165, 1.54) is 0 Å². The van der Waals surface area contributed by atoms with Gasteiger partial charge in [-0.3, -0.25) is 0 Å². The van der Waals surface area contributed by atoms with Gasteiger partial charge in [-0.15, -0.1) is 0 Å². The fourth-order valence-electron chi connectivity index (χ4n) is 1.28. The van der Waals surface area contributed by atoms with E-state index in [0.29, 0.717) is 5.92 Å². The molecule has 3 nitrogen and oxygen atoms in total. The standard InChI is InChI=1S/C8H10N2O.C2H6/c1-5-6(2)11-7-3-9-4-10-8(5)7;1-2/h3-6H,1-2H3;1-2H3. The summed E-state index contributed by atoms with van der Waals surface area (Å²) in [6.45, 7) is 8.16. The molecular weight excluding hydrogens is 164 g/mol. The lowest BCUT2D eigenvalue weighted by Crippen LogP contribution is -2.10. The third kappa shape index (κ3) is 1.79. The van der Waals surface area contributed by atoms with Crippen LogP contribution in [0.4, 0.5) is 0 Å². The summed E-state index contributed by atoms with van der Waals surface area (Å²) in [4.78, 5) is 8.04. The lowest BCUT2D eigenvalue weighted by Gasteiger charge is -2.06. The molecule has 2 rings (SSSR count). The minimum Gasteiger partial charge on any atom is -0.486 e. The molecule has 1 aromatic heterocycles. The summed E-state index contributed by atoms with van der Waals surface area (Å²) < 4.78 is 5.49. The second-order valence-electron chi connectivity index (χ2n) is 2.88. The molecule has 0 amide bonds. The molecule has 0 aliphatic carbocycles. The van der Waals surface area contributed by atoms with Crippen LogP contribution < -0.4 is 4.74 Å². The van der Waals surface area contributed by atoms with Crippen LogP contribution in [0.2, 0.25) is 0 Å². The van der Waals surface area contributed by atoms with E-state index >= 15 is 0 Å². The van der Waals surface area contributed by atoms with Crippen molar-refractivity contribution in [3.05, 3.63) is 18.2 Å². The van der Waals surface area contributed by atoms with Crippen LogP contribution in [-0.4, -0.2) is 16.1 Å². The van der Waals surface area contributed by atoms with Crippen LogP contribution in [0.25, 0.3) is 0 Å². The van der Waals surface area contributed by atoms with Crippen LogP contribution in [0.5, 0.6) is 5.75 Å². The highest BCUT2D eigenvalue weighted by Crippen LogP contribution is 2.34. The van der Waals surface area contributed by atoms with Gasteiger partial charge in [-0.25, -0.2) is 9.97 Å². The van der Waals surface area contributed by atoms with Crippen LogP contribution in [0, 0.1) is 0 Å². The Morgan fingerprint density at radius 1 is 1.31 bits per heavy atom. The Balaban J connectivity index is 0.000000396. The normalized spacial score (nSPS) is 24.0. The van der Waals surface area contributed by atoms with Crippen LogP contribution in [0.3, 0.4) is 0 Å². The topological polar surface area (TPSA) is 35.0 Å². The lowest BCUT2D eigenvalue weighted by molar-refractivity contribution is 0.232. The number of ether oxygens (including phenoxy) is 1. The molecule has 0 aromatic carbocycles. The molecule has 3 heteroatoms. The van der Waals surface area contributed by atoms with E-state index in [4.69, 9.17) is 4.74 Å². The Kier molecular flexibility index (Phi) is 3.23. The van der Waals surface area contributed by atoms with Crippen molar-refractivity contribution in [1.29, 1.82) is 0 Å². The average Bonchev–Trinajstić information content (AvgIpc) is 2.47. The first-order valence-corrected chi connectivity index (χ1v) is 4.75. The highest BCUT2D eigenvalue weighted by molar-refractivity contribution is 5.31. The van der Waals surface area contributed by atoms with Crippen molar-refractivity contribution in [2.75, 3.05) is 0 Å². The Hall–Kier alpha value is -1.12. The minimum atomic E-state index is 0.238. The summed E-state index contributed by atoms with van der Waals surface area (Å²) in [6, 6.07) is 0. The van der Waals surface area contributed by atoms with E-state index in [1.807, 2.05) is 20.8 Å². The number of hydrogen-bond acceptors (Lipinski definition) is 3. The van der Waals surface area contributed by atoms with Gasteiger partial charge in [0.1, 0.15) is 12.4 Å². The number of fused-ring (bicyclic) bond motifs is 1. The Morgan fingerprint density at radius 2 is 2.00 bits per heavy atom. The highest BCUT2D eigenvalue weighted by Gasteiger charge is 2.28. The maximum atomic E-state index is 5.49. The molecule has 2 heterocycles. The summed E-state index contributed by atoms with van der Waals surface area (Å²) in [7, 11) is 0. The Morgan fingerprint density at radius 3 is 2.62 bits per heavy atom. The van der Waals surface area contributed by atoms with E-state index in [1.54, 1.807) is 12.5 Å². The zero-order chi connectivity index (χ0) is 9.84. The minimum absolute atomic E-state index is 0.238. The average molecular weight is 180 g/mol. The van der Waals surface area contributed by atoms with Crippen molar-refractivity contribution in [3.8, 4) is 5.75 Å². The van der Waals surface area contributed by atoms with Crippen molar-refractivity contribution >= 4 is 0 Å². The van der Waals surface area contributed by atoms with Gasteiger partial charge in [0.15, 0.2) is 5.75 Å². The van der Waals surface area contributed by atoms with Crippen molar-refractivity contribution in [2.45, 2.75) is 39.7 Å². The third-order valence-electron chi connectivity index (χ3n) is 2.16. The number of nitrogens with zero attached hydrogens (tertiary/aromatic N) is 2. The van der Waals surface area contributed by atoms with Crippen molar-refractivity contribution in [2.24, 2.45) is 0 Å². The highest BCUT2D eigenvalue weighted by atomic mass is 16.5. The Bertz CT molecular complexity index is 275. The first-order chi connectivity index (χ1) is 6.29. The lowest BCUT2D eigenvalue weighted by atomic mass is 10.1. The molecule has 0 bridgehead atoms. The second-order valence-corrected chi connectivity index (χ2v) is 2.88. The van der Waals surface area contributed by atoms with Gasteiger partial charge in [-0.1, -0.05) is 20.8 Å². The summed E-state index contributed by atoms with van der Waals surface area (Å²) >= 11 is 0. The van der Waals surface area contributed by atoms with Gasteiger partial charge in [0.2, 0.25) is 0 Å². The van der Waals surface area contributed by atoms with Gasteiger partial charge in [-0.05, 0) is 6.92 Å². The smallest absolute Gasteiger partial charge is 0.159 e. The maximum Gasteiger partial charge on any atom is 0.159 e. The third-order valence-corrected chi connectivity index (χ3v) is 2.16. The second kappa shape index (κ2) is 4.21. The van der Waals surface area contributed by atoms with E-state index in [0.717, 1.165) is 11.4 Å². The van der Waals surface area contributed by atoms with E-state index < -0.39 is 0 Å². The molecule has 1 aliphatic heterocycles. The van der Waals surface area contributed by atoms with E-state index in [9.17, 15) is 0 Å². The largest absolute Gasteiger partial charge is 0.486 e. The molecular formula is C10H16N2O. The van der Waals surface area contributed by atoms with Gasteiger partial charge >= 0.3 is 0 Å². The maximum absolute atomic E-state index is 5.49. The van der Waals surface area contributed by atoms with Crippen molar-refractivity contribution < 1.29 is 4.74 Å². The Labute approximate surface area is 79.2 Å².